The SMILES string of the molecule is Cc1cc(C=Nc2ccc(-c3ccccc3)cc2)c(C)n1-c1ccc(S(N)(=O)=O)cc1. The molecule has 0 aliphatic rings. The minimum Gasteiger partial charge on any atom is -0.318 e. The molecule has 0 saturated carbocycles. The van der Waals surface area contributed by atoms with Crippen LogP contribution in [0.2, 0.25) is 0 Å². The lowest BCUT2D eigenvalue weighted by molar-refractivity contribution is 0.598. The molecule has 0 unspecified atom stereocenters. The lowest BCUT2D eigenvalue weighted by Crippen LogP contribution is -2.12. The highest BCUT2D eigenvalue weighted by Gasteiger charge is 2.12. The van der Waals surface area contributed by atoms with Crippen molar-refractivity contribution in [2.75, 3.05) is 0 Å². The fourth-order valence-electron chi connectivity index (χ4n) is 3.62. The lowest BCUT2D eigenvalue weighted by Gasteiger charge is -2.10. The van der Waals surface area contributed by atoms with Gasteiger partial charge in [-0.2, -0.15) is 0 Å². The van der Waals surface area contributed by atoms with Gasteiger partial charge in [0.15, 0.2) is 0 Å². The maximum atomic E-state index is 11.5. The number of rotatable bonds is 5. The molecule has 1 aromatic heterocycles. The van der Waals surface area contributed by atoms with Crippen molar-refractivity contribution in [2.45, 2.75) is 18.7 Å². The molecule has 0 radical (unpaired) electrons. The molecule has 1 heterocycles. The Kier molecular flexibility index (Phi) is 5.59. The highest BCUT2D eigenvalue weighted by Crippen LogP contribution is 2.24. The lowest BCUT2D eigenvalue weighted by atomic mass is 10.1. The number of aromatic nitrogens is 1. The molecule has 0 atom stereocenters. The van der Waals surface area contributed by atoms with Crippen molar-refractivity contribution >= 4 is 21.9 Å². The van der Waals surface area contributed by atoms with E-state index >= 15 is 0 Å². The zero-order chi connectivity index (χ0) is 22.0. The zero-order valence-electron chi connectivity index (χ0n) is 17.4. The van der Waals surface area contributed by atoms with Gasteiger partial charge in [-0.3, -0.25) is 4.99 Å². The van der Waals surface area contributed by atoms with Crippen LogP contribution < -0.4 is 5.14 Å². The molecule has 0 amide bonds. The Morgan fingerprint density at radius 3 is 2.06 bits per heavy atom. The summed E-state index contributed by atoms with van der Waals surface area (Å²) in [5, 5.41) is 5.19. The topological polar surface area (TPSA) is 77.5 Å². The second kappa shape index (κ2) is 8.34. The van der Waals surface area contributed by atoms with E-state index in [1.165, 1.54) is 17.7 Å². The minimum absolute atomic E-state index is 0.0967. The number of sulfonamides is 1. The van der Waals surface area contributed by atoms with Gasteiger partial charge in [-0.15, -0.1) is 0 Å². The highest BCUT2D eigenvalue weighted by atomic mass is 32.2. The number of aliphatic imine (C=N–C) groups is 1. The fourth-order valence-corrected chi connectivity index (χ4v) is 4.13. The third-order valence-corrected chi connectivity index (χ3v) is 6.15. The summed E-state index contributed by atoms with van der Waals surface area (Å²) in [5.74, 6) is 0. The summed E-state index contributed by atoms with van der Waals surface area (Å²) < 4.78 is 25.0. The van der Waals surface area contributed by atoms with Gasteiger partial charge < -0.3 is 4.57 Å². The average Bonchev–Trinajstić information content (AvgIpc) is 3.06. The van der Waals surface area contributed by atoms with Crippen molar-refractivity contribution < 1.29 is 8.42 Å². The Labute approximate surface area is 182 Å². The molecule has 0 spiro atoms. The molecule has 4 aromatic rings. The van der Waals surface area contributed by atoms with Crippen LogP contribution in [0.25, 0.3) is 16.8 Å². The van der Waals surface area contributed by atoms with Crippen LogP contribution in [-0.4, -0.2) is 19.2 Å². The molecule has 0 aliphatic heterocycles. The van der Waals surface area contributed by atoms with E-state index in [-0.39, 0.29) is 4.90 Å². The van der Waals surface area contributed by atoms with Crippen LogP contribution in [0.4, 0.5) is 5.69 Å². The minimum atomic E-state index is -3.71. The van der Waals surface area contributed by atoms with E-state index < -0.39 is 10.0 Å². The van der Waals surface area contributed by atoms with Crippen molar-refractivity contribution in [3.63, 3.8) is 0 Å². The molecule has 0 bridgehead atoms. The molecular formula is C25H23N3O2S. The second-order valence-electron chi connectivity index (χ2n) is 7.37. The number of benzene rings is 3. The average molecular weight is 430 g/mol. The molecular weight excluding hydrogens is 406 g/mol. The first kappa shape index (κ1) is 20.8. The normalized spacial score (nSPS) is 11.8. The van der Waals surface area contributed by atoms with Gasteiger partial charge >= 0.3 is 0 Å². The summed E-state index contributed by atoms with van der Waals surface area (Å²) in [4.78, 5) is 4.73. The maximum absolute atomic E-state index is 11.5. The second-order valence-corrected chi connectivity index (χ2v) is 8.93. The van der Waals surface area contributed by atoms with Gasteiger partial charge in [-0.25, -0.2) is 13.6 Å². The third kappa shape index (κ3) is 4.50. The van der Waals surface area contributed by atoms with E-state index in [9.17, 15) is 8.42 Å². The van der Waals surface area contributed by atoms with Crippen LogP contribution in [-0.2, 0) is 10.0 Å². The van der Waals surface area contributed by atoms with Crippen molar-refractivity contribution in [1.29, 1.82) is 0 Å². The van der Waals surface area contributed by atoms with E-state index in [2.05, 4.69) is 39.9 Å². The molecule has 3 aromatic carbocycles. The van der Waals surface area contributed by atoms with Gasteiger partial charge in [0.2, 0.25) is 10.0 Å². The summed E-state index contributed by atoms with van der Waals surface area (Å²) >= 11 is 0. The van der Waals surface area contributed by atoms with Gasteiger partial charge in [-0.05, 0) is 67.4 Å². The van der Waals surface area contributed by atoms with Crippen LogP contribution in [0, 0.1) is 13.8 Å². The predicted octanol–water partition coefficient (Wildman–Crippen LogP) is 5.16. The Bertz CT molecular complexity index is 1340. The standard InChI is InChI=1S/C25H23N3O2S/c1-18-16-22(19(2)28(18)24-12-14-25(15-13-24)31(26,29)30)17-27-23-10-8-21(9-11-23)20-6-4-3-5-7-20/h3-17H,1-2H3,(H2,26,29,30). The summed E-state index contributed by atoms with van der Waals surface area (Å²) in [6, 6.07) is 27.0. The Morgan fingerprint density at radius 2 is 1.45 bits per heavy atom. The fraction of sp³-hybridized carbons (Fsp3) is 0.0800. The smallest absolute Gasteiger partial charge is 0.238 e. The number of hydrogen-bond acceptors (Lipinski definition) is 3. The van der Waals surface area contributed by atoms with Gasteiger partial charge in [0.25, 0.3) is 0 Å². The van der Waals surface area contributed by atoms with E-state index in [1.54, 1.807) is 12.1 Å². The predicted molar refractivity (Wildman–Crippen MR) is 126 cm³/mol. The van der Waals surface area contributed by atoms with Gasteiger partial charge in [0.05, 0.1) is 10.6 Å². The molecule has 0 fully saturated rings. The quantitative estimate of drug-likeness (QED) is 0.445. The molecule has 4 rings (SSSR count). The van der Waals surface area contributed by atoms with E-state index in [0.717, 1.165) is 33.9 Å². The van der Waals surface area contributed by atoms with E-state index in [0.29, 0.717) is 0 Å². The van der Waals surface area contributed by atoms with Crippen LogP contribution in [0.15, 0.2) is 94.8 Å². The van der Waals surface area contributed by atoms with Crippen LogP contribution in [0.3, 0.4) is 0 Å². The maximum Gasteiger partial charge on any atom is 0.238 e. The van der Waals surface area contributed by atoms with Crippen LogP contribution >= 0.6 is 0 Å². The molecule has 0 aliphatic carbocycles. The van der Waals surface area contributed by atoms with Crippen molar-refractivity contribution in [2.24, 2.45) is 10.1 Å². The van der Waals surface area contributed by atoms with E-state index in [4.69, 9.17) is 5.14 Å². The van der Waals surface area contributed by atoms with Crippen molar-refractivity contribution in [3.05, 3.63) is 102 Å². The first-order valence-corrected chi connectivity index (χ1v) is 11.4. The Balaban J connectivity index is 1.58. The van der Waals surface area contributed by atoms with Gasteiger partial charge in [0.1, 0.15) is 0 Å². The van der Waals surface area contributed by atoms with Gasteiger partial charge in [0, 0.05) is 28.9 Å². The zero-order valence-corrected chi connectivity index (χ0v) is 18.2. The summed E-state index contributed by atoms with van der Waals surface area (Å²) in [5.41, 5.74) is 7.12. The van der Waals surface area contributed by atoms with Crippen molar-refractivity contribution in [3.8, 4) is 16.8 Å². The number of hydrogen-bond donors (Lipinski definition) is 1. The number of nitrogens with zero attached hydrogens (tertiary/aromatic N) is 2. The van der Waals surface area contributed by atoms with Crippen molar-refractivity contribution in [1.82, 2.24) is 4.57 Å². The summed E-state index contributed by atoms with van der Waals surface area (Å²) in [7, 11) is -3.71. The largest absolute Gasteiger partial charge is 0.318 e. The first-order valence-electron chi connectivity index (χ1n) is 9.85. The molecule has 6 heteroatoms. The van der Waals surface area contributed by atoms with Crippen LogP contribution in [0.5, 0.6) is 0 Å². The highest BCUT2D eigenvalue weighted by molar-refractivity contribution is 7.89. The molecule has 0 saturated heterocycles. The Morgan fingerprint density at radius 1 is 0.839 bits per heavy atom. The summed E-state index contributed by atoms with van der Waals surface area (Å²) in [6.45, 7) is 4.02. The molecule has 5 nitrogen and oxygen atoms in total. The van der Waals surface area contributed by atoms with E-state index in [1.807, 2.05) is 50.4 Å². The number of aryl methyl sites for hydroxylation is 1. The number of primary sulfonamides is 1. The molecule has 2 N–H and O–H groups in total. The number of nitrogens with two attached hydrogens (primary N) is 1. The first-order chi connectivity index (χ1) is 14.8. The summed E-state index contributed by atoms with van der Waals surface area (Å²) in [6.07, 6.45) is 1.86. The monoisotopic (exact) mass is 429 g/mol. The van der Waals surface area contributed by atoms with Crippen LogP contribution in [0.1, 0.15) is 17.0 Å². The molecule has 156 valence electrons. The molecule has 31 heavy (non-hydrogen) atoms. The Hall–Kier alpha value is -3.48. The van der Waals surface area contributed by atoms with Gasteiger partial charge in [-0.1, -0.05) is 42.5 Å². The third-order valence-electron chi connectivity index (χ3n) is 5.22.